The van der Waals surface area contributed by atoms with Crippen molar-refractivity contribution in [3.63, 3.8) is 0 Å². The number of methoxy groups -OCH3 is 1. The van der Waals surface area contributed by atoms with Crippen molar-refractivity contribution in [3.05, 3.63) is 29.3 Å². The first kappa shape index (κ1) is 12.4. The normalized spacial score (nSPS) is 15.4. The van der Waals surface area contributed by atoms with Crippen LogP contribution in [-0.2, 0) is 11.3 Å². The highest BCUT2D eigenvalue weighted by atomic mass is 16.7. The van der Waals surface area contributed by atoms with Crippen molar-refractivity contribution in [1.82, 2.24) is 4.90 Å². The molecule has 0 aliphatic heterocycles. The summed E-state index contributed by atoms with van der Waals surface area (Å²) in [6, 6.07) is 5.82. The predicted octanol–water partition coefficient (Wildman–Crippen LogP) is 2.04. The largest absolute Gasteiger partial charge is 0.497 e. The van der Waals surface area contributed by atoms with Crippen LogP contribution in [0.5, 0.6) is 5.75 Å². The van der Waals surface area contributed by atoms with Gasteiger partial charge in [0.2, 0.25) is 0 Å². The van der Waals surface area contributed by atoms with Gasteiger partial charge in [-0.3, -0.25) is 4.84 Å². The summed E-state index contributed by atoms with van der Waals surface area (Å²) in [7, 11) is 4.89. The zero-order valence-corrected chi connectivity index (χ0v) is 10.8. The summed E-state index contributed by atoms with van der Waals surface area (Å²) in [5.41, 5.74) is 3.01. The Labute approximate surface area is 106 Å². The van der Waals surface area contributed by atoms with Gasteiger partial charge in [-0.2, -0.15) is 0 Å². The van der Waals surface area contributed by atoms with E-state index >= 15 is 0 Å². The molecule has 1 aromatic carbocycles. The predicted molar refractivity (Wildman–Crippen MR) is 68.0 cm³/mol. The topological polar surface area (TPSA) is 51.1 Å². The number of carbonyl (C=O) groups is 1. The number of aryl methyl sites for hydroxylation is 1. The highest BCUT2D eigenvalue weighted by Crippen LogP contribution is 2.26. The third-order valence-corrected chi connectivity index (χ3v) is 2.85. The lowest BCUT2D eigenvalue weighted by Crippen LogP contribution is -2.21. The lowest BCUT2D eigenvalue weighted by molar-refractivity contribution is 0.122. The molecule has 0 saturated carbocycles. The van der Waals surface area contributed by atoms with Crippen LogP contribution >= 0.6 is 0 Å². The number of oxime groups is 1. The van der Waals surface area contributed by atoms with E-state index in [1.54, 1.807) is 21.2 Å². The molecular formula is C13H16N2O3. The van der Waals surface area contributed by atoms with Crippen molar-refractivity contribution in [2.45, 2.75) is 12.8 Å². The molecule has 1 aliphatic rings. The van der Waals surface area contributed by atoms with Gasteiger partial charge in [-0.15, -0.1) is 0 Å². The van der Waals surface area contributed by atoms with Gasteiger partial charge in [-0.1, -0.05) is 5.16 Å². The summed E-state index contributed by atoms with van der Waals surface area (Å²) in [4.78, 5) is 17.5. The van der Waals surface area contributed by atoms with E-state index in [-0.39, 0.29) is 0 Å². The molecule has 0 unspecified atom stereocenters. The van der Waals surface area contributed by atoms with Gasteiger partial charge >= 0.3 is 6.09 Å². The third kappa shape index (κ3) is 2.45. The van der Waals surface area contributed by atoms with Crippen LogP contribution in [0.1, 0.15) is 17.5 Å². The smallest absolute Gasteiger partial charge is 0.435 e. The molecule has 0 saturated heterocycles. The van der Waals surface area contributed by atoms with Gasteiger partial charge < -0.3 is 9.64 Å². The maximum absolute atomic E-state index is 11.3. The molecular weight excluding hydrogens is 232 g/mol. The summed E-state index contributed by atoms with van der Waals surface area (Å²) >= 11 is 0. The molecule has 1 aromatic rings. The standard InChI is InChI=1S/C13H16N2O3/c1-15(2)13(16)18-14-12-7-4-9-8-10(17-3)5-6-11(9)12/h5-6,8H,4,7H2,1-3H3/b14-12+. The van der Waals surface area contributed by atoms with Crippen molar-refractivity contribution in [3.8, 4) is 5.75 Å². The third-order valence-electron chi connectivity index (χ3n) is 2.85. The molecule has 96 valence electrons. The van der Waals surface area contributed by atoms with E-state index in [1.807, 2.05) is 18.2 Å². The Kier molecular flexibility index (Phi) is 3.50. The fourth-order valence-electron chi connectivity index (χ4n) is 1.84. The Morgan fingerprint density at radius 3 is 2.78 bits per heavy atom. The van der Waals surface area contributed by atoms with E-state index in [4.69, 9.17) is 9.57 Å². The van der Waals surface area contributed by atoms with E-state index < -0.39 is 6.09 Å². The Balaban J connectivity index is 2.16. The molecule has 1 amide bonds. The summed E-state index contributed by atoms with van der Waals surface area (Å²) in [5.74, 6) is 0.834. The molecule has 0 fully saturated rings. The number of amides is 1. The van der Waals surface area contributed by atoms with Gasteiger partial charge in [-0.25, -0.2) is 4.79 Å². The van der Waals surface area contributed by atoms with Crippen LogP contribution in [-0.4, -0.2) is 37.9 Å². The summed E-state index contributed by atoms with van der Waals surface area (Å²) in [5, 5.41) is 3.93. The van der Waals surface area contributed by atoms with Gasteiger partial charge in [-0.05, 0) is 36.6 Å². The van der Waals surface area contributed by atoms with Crippen molar-refractivity contribution in [2.75, 3.05) is 21.2 Å². The van der Waals surface area contributed by atoms with Gasteiger partial charge in [0.25, 0.3) is 0 Å². The second-order valence-corrected chi connectivity index (χ2v) is 4.31. The van der Waals surface area contributed by atoms with Crippen molar-refractivity contribution >= 4 is 11.8 Å². The molecule has 2 rings (SSSR count). The number of ether oxygens (including phenoxy) is 1. The Hall–Kier alpha value is -2.04. The number of hydrogen-bond acceptors (Lipinski definition) is 4. The van der Waals surface area contributed by atoms with Crippen LogP contribution in [0.25, 0.3) is 0 Å². The highest BCUT2D eigenvalue weighted by Gasteiger charge is 2.19. The summed E-state index contributed by atoms with van der Waals surface area (Å²) in [6.07, 6.45) is 1.21. The van der Waals surface area contributed by atoms with Crippen LogP contribution in [0.2, 0.25) is 0 Å². The molecule has 0 aromatic heterocycles. The monoisotopic (exact) mass is 248 g/mol. The number of fused-ring (bicyclic) bond motifs is 1. The molecule has 0 atom stereocenters. The molecule has 0 N–H and O–H groups in total. The van der Waals surface area contributed by atoms with E-state index in [2.05, 4.69) is 5.16 Å². The van der Waals surface area contributed by atoms with Gasteiger partial charge in [0.05, 0.1) is 12.8 Å². The number of nitrogens with zero attached hydrogens (tertiary/aromatic N) is 2. The van der Waals surface area contributed by atoms with Gasteiger partial charge in [0.15, 0.2) is 0 Å². The minimum Gasteiger partial charge on any atom is -0.497 e. The summed E-state index contributed by atoms with van der Waals surface area (Å²) in [6.45, 7) is 0. The number of carbonyl (C=O) groups excluding carboxylic acids is 1. The quantitative estimate of drug-likeness (QED) is 0.594. The maximum Gasteiger partial charge on any atom is 0.435 e. The first-order valence-corrected chi connectivity index (χ1v) is 5.74. The molecule has 18 heavy (non-hydrogen) atoms. The van der Waals surface area contributed by atoms with Crippen LogP contribution in [0.3, 0.4) is 0 Å². The van der Waals surface area contributed by atoms with E-state index in [0.29, 0.717) is 0 Å². The van der Waals surface area contributed by atoms with Crippen molar-refractivity contribution in [2.24, 2.45) is 5.16 Å². The molecule has 0 spiro atoms. The highest BCUT2D eigenvalue weighted by molar-refractivity contribution is 6.04. The average Bonchev–Trinajstić information content (AvgIpc) is 2.77. The van der Waals surface area contributed by atoms with Crippen LogP contribution in [0.4, 0.5) is 4.79 Å². The second-order valence-electron chi connectivity index (χ2n) is 4.31. The minimum atomic E-state index is -0.468. The first-order valence-electron chi connectivity index (χ1n) is 5.74. The average molecular weight is 248 g/mol. The number of rotatable bonds is 2. The molecule has 0 radical (unpaired) electrons. The Morgan fingerprint density at radius 2 is 2.11 bits per heavy atom. The zero-order valence-electron chi connectivity index (χ0n) is 10.8. The Morgan fingerprint density at radius 1 is 1.33 bits per heavy atom. The van der Waals surface area contributed by atoms with Crippen LogP contribution in [0, 0.1) is 0 Å². The SMILES string of the molecule is COc1ccc2c(c1)CC/C2=N\OC(=O)N(C)C. The fourth-order valence-corrected chi connectivity index (χ4v) is 1.84. The first-order chi connectivity index (χ1) is 8.61. The maximum atomic E-state index is 11.3. The lowest BCUT2D eigenvalue weighted by Gasteiger charge is -2.07. The van der Waals surface area contributed by atoms with Crippen LogP contribution in [0.15, 0.2) is 23.4 Å². The minimum absolute atomic E-state index is 0.468. The molecule has 5 nitrogen and oxygen atoms in total. The van der Waals surface area contributed by atoms with Crippen LogP contribution < -0.4 is 4.74 Å². The summed E-state index contributed by atoms with van der Waals surface area (Å²) < 4.78 is 5.17. The number of hydrogen-bond donors (Lipinski definition) is 0. The fraction of sp³-hybridized carbons (Fsp3) is 0.385. The Bertz CT molecular complexity index is 495. The van der Waals surface area contributed by atoms with E-state index in [1.165, 1.54) is 10.5 Å². The lowest BCUT2D eigenvalue weighted by atomic mass is 10.1. The molecule has 1 aliphatic carbocycles. The zero-order chi connectivity index (χ0) is 13.1. The van der Waals surface area contributed by atoms with E-state index in [0.717, 1.165) is 29.9 Å². The second kappa shape index (κ2) is 5.08. The molecule has 0 heterocycles. The molecule has 5 heteroatoms. The van der Waals surface area contributed by atoms with E-state index in [9.17, 15) is 4.79 Å². The van der Waals surface area contributed by atoms with Gasteiger partial charge in [0, 0.05) is 19.7 Å². The van der Waals surface area contributed by atoms with Crippen molar-refractivity contribution < 1.29 is 14.4 Å². The molecule has 0 bridgehead atoms. The number of benzene rings is 1. The van der Waals surface area contributed by atoms with Crippen molar-refractivity contribution in [1.29, 1.82) is 0 Å². The van der Waals surface area contributed by atoms with Gasteiger partial charge in [0.1, 0.15) is 5.75 Å².